The summed E-state index contributed by atoms with van der Waals surface area (Å²) in [5.74, 6) is 0.719. The summed E-state index contributed by atoms with van der Waals surface area (Å²) in [4.78, 5) is 0. The molecule has 1 heteroatoms. The maximum absolute atomic E-state index is 5.67. The van der Waals surface area contributed by atoms with Crippen molar-refractivity contribution < 1.29 is 0 Å². The minimum Gasteiger partial charge on any atom is -0.326 e. The van der Waals surface area contributed by atoms with Crippen LogP contribution in [0.5, 0.6) is 0 Å². The van der Waals surface area contributed by atoms with Gasteiger partial charge in [-0.25, -0.2) is 0 Å². The van der Waals surface area contributed by atoms with E-state index in [0.717, 1.165) is 12.3 Å². The number of aryl methyl sites for hydroxylation is 2. The highest BCUT2D eigenvalue weighted by Crippen LogP contribution is 2.18. The van der Waals surface area contributed by atoms with Crippen LogP contribution in [0.3, 0.4) is 0 Å². The van der Waals surface area contributed by atoms with Crippen LogP contribution in [-0.2, 0) is 13.0 Å². The first-order chi connectivity index (χ1) is 6.54. The molecule has 0 aromatic heterocycles. The normalized spacial score (nSPS) is 11.0. The van der Waals surface area contributed by atoms with Crippen LogP contribution in [0.15, 0.2) is 12.1 Å². The SMILES string of the molecule is Cc1cc(CC(C)C)c(C)cc1CN. The molecule has 0 aliphatic rings. The van der Waals surface area contributed by atoms with Gasteiger partial charge in [0.25, 0.3) is 0 Å². The first kappa shape index (κ1) is 11.3. The van der Waals surface area contributed by atoms with E-state index in [-0.39, 0.29) is 0 Å². The molecule has 0 spiro atoms. The van der Waals surface area contributed by atoms with Gasteiger partial charge in [-0.2, -0.15) is 0 Å². The molecule has 0 bridgehead atoms. The van der Waals surface area contributed by atoms with Gasteiger partial charge < -0.3 is 5.73 Å². The molecular weight excluding hydrogens is 170 g/mol. The maximum Gasteiger partial charge on any atom is 0.0180 e. The standard InChI is InChI=1S/C13H21N/c1-9(2)5-12-6-11(4)13(8-14)7-10(12)3/h6-7,9H,5,8,14H2,1-4H3. The molecule has 1 nitrogen and oxygen atoms in total. The highest BCUT2D eigenvalue weighted by Gasteiger charge is 2.05. The number of hydrogen-bond donors (Lipinski definition) is 1. The van der Waals surface area contributed by atoms with Gasteiger partial charge in [0.2, 0.25) is 0 Å². The van der Waals surface area contributed by atoms with Crippen LogP contribution in [-0.4, -0.2) is 0 Å². The monoisotopic (exact) mass is 191 g/mol. The molecule has 14 heavy (non-hydrogen) atoms. The van der Waals surface area contributed by atoms with E-state index in [1.165, 1.54) is 22.3 Å². The van der Waals surface area contributed by atoms with Crippen LogP contribution in [0.4, 0.5) is 0 Å². The summed E-state index contributed by atoms with van der Waals surface area (Å²) in [6.07, 6.45) is 1.16. The number of hydrogen-bond acceptors (Lipinski definition) is 1. The molecule has 0 fully saturated rings. The Kier molecular flexibility index (Phi) is 3.70. The van der Waals surface area contributed by atoms with Crippen molar-refractivity contribution in [3.8, 4) is 0 Å². The van der Waals surface area contributed by atoms with Gasteiger partial charge >= 0.3 is 0 Å². The lowest BCUT2D eigenvalue weighted by molar-refractivity contribution is 0.644. The molecule has 0 saturated carbocycles. The van der Waals surface area contributed by atoms with Crippen LogP contribution in [0.1, 0.15) is 36.1 Å². The fourth-order valence-electron chi connectivity index (χ4n) is 1.82. The Morgan fingerprint density at radius 2 is 1.57 bits per heavy atom. The van der Waals surface area contributed by atoms with Gasteiger partial charge in [0, 0.05) is 6.54 Å². The van der Waals surface area contributed by atoms with Crippen molar-refractivity contribution >= 4 is 0 Å². The van der Waals surface area contributed by atoms with Crippen molar-refractivity contribution in [2.75, 3.05) is 0 Å². The van der Waals surface area contributed by atoms with Gasteiger partial charge in [-0.15, -0.1) is 0 Å². The molecule has 0 unspecified atom stereocenters. The van der Waals surface area contributed by atoms with E-state index in [4.69, 9.17) is 5.73 Å². The molecule has 2 N–H and O–H groups in total. The van der Waals surface area contributed by atoms with Crippen LogP contribution in [0.2, 0.25) is 0 Å². The predicted octanol–water partition coefficient (Wildman–Crippen LogP) is 2.96. The van der Waals surface area contributed by atoms with E-state index < -0.39 is 0 Å². The lowest BCUT2D eigenvalue weighted by Crippen LogP contribution is -2.03. The Morgan fingerprint density at radius 1 is 1.07 bits per heavy atom. The molecule has 0 radical (unpaired) electrons. The first-order valence-electron chi connectivity index (χ1n) is 5.33. The average Bonchev–Trinajstić information content (AvgIpc) is 2.10. The predicted molar refractivity (Wildman–Crippen MR) is 62.3 cm³/mol. The Bertz CT molecular complexity index is 313. The van der Waals surface area contributed by atoms with Gasteiger partial charge in [-0.3, -0.25) is 0 Å². The highest BCUT2D eigenvalue weighted by molar-refractivity contribution is 5.37. The summed E-state index contributed by atoms with van der Waals surface area (Å²) in [7, 11) is 0. The van der Waals surface area contributed by atoms with Crippen molar-refractivity contribution in [2.24, 2.45) is 11.7 Å². The van der Waals surface area contributed by atoms with E-state index in [0.29, 0.717) is 6.54 Å². The fraction of sp³-hybridized carbons (Fsp3) is 0.538. The first-order valence-corrected chi connectivity index (χ1v) is 5.33. The lowest BCUT2D eigenvalue weighted by Gasteiger charge is -2.12. The van der Waals surface area contributed by atoms with Crippen molar-refractivity contribution in [3.05, 3.63) is 34.4 Å². The molecular formula is C13H21N. The van der Waals surface area contributed by atoms with E-state index in [9.17, 15) is 0 Å². The number of rotatable bonds is 3. The average molecular weight is 191 g/mol. The minimum atomic E-state index is 0.647. The Balaban J connectivity index is 3.02. The van der Waals surface area contributed by atoms with Crippen LogP contribution in [0.25, 0.3) is 0 Å². The van der Waals surface area contributed by atoms with Crippen LogP contribution in [0, 0.1) is 19.8 Å². The number of benzene rings is 1. The van der Waals surface area contributed by atoms with E-state index >= 15 is 0 Å². The largest absolute Gasteiger partial charge is 0.326 e. The smallest absolute Gasteiger partial charge is 0.0180 e. The van der Waals surface area contributed by atoms with Gasteiger partial charge in [-0.05, 0) is 48.4 Å². The van der Waals surface area contributed by atoms with Gasteiger partial charge in [0.05, 0.1) is 0 Å². The lowest BCUT2D eigenvalue weighted by atomic mass is 9.94. The molecule has 0 amide bonds. The van der Waals surface area contributed by atoms with Gasteiger partial charge in [-0.1, -0.05) is 26.0 Å². The zero-order valence-corrected chi connectivity index (χ0v) is 9.72. The van der Waals surface area contributed by atoms with Crippen molar-refractivity contribution in [1.82, 2.24) is 0 Å². The third-order valence-electron chi connectivity index (χ3n) is 2.64. The highest BCUT2D eigenvalue weighted by atomic mass is 14.5. The van der Waals surface area contributed by atoms with Gasteiger partial charge in [0.1, 0.15) is 0 Å². The molecule has 0 aliphatic carbocycles. The number of nitrogens with two attached hydrogens (primary N) is 1. The molecule has 0 heterocycles. The second kappa shape index (κ2) is 4.61. The second-order valence-corrected chi connectivity index (χ2v) is 4.51. The summed E-state index contributed by atoms with van der Waals surface area (Å²) < 4.78 is 0. The molecule has 78 valence electrons. The quantitative estimate of drug-likeness (QED) is 0.781. The van der Waals surface area contributed by atoms with Crippen LogP contribution < -0.4 is 5.73 Å². The molecule has 1 rings (SSSR count). The summed E-state index contributed by atoms with van der Waals surface area (Å²) in [5, 5.41) is 0. The summed E-state index contributed by atoms with van der Waals surface area (Å²) in [6, 6.07) is 4.52. The van der Waals surface area contributed by atoms with E-state index in [1.54, 1.807) is 0 Å². The van der Waals surface area contributed by atoms with E-state index in [1.807, 2.05) is 0 Å². The Hall–Kier alpha value is -0.820. The summed E-state index contributed by atoms with van der Waals surface area (Å²) in [6.45, 7) is 9.48. The topological polar surface area (TPSA) is 26.0 Å². The summed E-state index contributed by atoms with van der Waals surface area (Å²) in [5.41, 5.74) is 11.1. The Labute approximate surface area is 87.3 Å². The molecule has 1 aromatic rings. The third-order valence-corrected chi connectivity index (χ3v) is 2.64. The Morgan fingerprint density at radius 3 is 2.07 bits per heavy atom. The van der Waals surface area contributed by atoms with Crippen molar-refractivity contribution in [3.63, 3.8) is 0 Å². The summed E-state index contributed by atoms with van der Waals surface area (Å²) >= 11 is 0. The third kappa shape index (κ3) is 2.58. The second-order valence-electron chi connectivity index (χ2n) is 4.51. The zero-order valence-electron chi connectivity index (χ0n) is 9.72. The van der Waals surface area contributed by atoms with Gasteiger partial charge in [0.15, 0.2) is 0 Å². The molecule has 0 saturated heterocycles. The van der Waals surface area contributed by atoms with Crippen molar-refractivity contribution in [1.29, 1.82) is 0 Å². The van der Waals surface area contributed by atoms with E-state index in [2.05, 4.69) is 39.8 Å². The fourth-order valence-corrected chi connectivity index (χ4v) is 1.82. The molecule has 0 aliphatic heterocycles. The van der Waals surface area contributed by atoms with Crippen molar-refractivity contribution in [2.45, 2.75) is 40.7 Å². The maximum atomic E-state index is 5.67. The zero-order chi connectivity index (χ0) is 10.7. The molecule has 0 atom stereocenters. The van der Waals surface area contributed by atoms with Crippen LogP contribution >= 0.6 is 0 Å². The minimum absolute atomic E-state index is 0.647. The molecule has 1 aromatic carbocycles.